The standard InChI is InChI=1S/C15H20N2OS2/c1-2-8-17-15(11-18,13-6-4-3-5-7-13)12-20-14-16-9-10-19-14/h3-7,9-10,17-18H,2,8,11-12H2,1H3. The zero-order valence-corrected chi connectivity index (χ0v) is 13.2. The van der Waals surface area contributed by atoms with E-state index < -0.39 is 5.54 Å². The molecule has 20 heavy (non-hydrogen) atoms. The van der Waals surface area contributed by atoms with Crippen molar-refractivity contribution in [3.8, 4) is 0 Å². The molecule has 0 aliphatic carbocycles. The van der Waals surface area contributed by atoms with Gasteiger partial charge in [-0.15, -0.1) is 11.3 Å². The molecule has 0 aliphatic heterocycles. The van der Waals surface area contributed by atoms with Crippen molar-refractivity contribution < 1.29 is 5.11 Å². The molecular weight excluding hydrogens is 288 g/mol. The first-order valence-electron chi connectivity index (χ1n) is 6.74. The van der Waals surface area contributed by atoms with Crippen LogP contribution in [0.25, 0.3) is 0 Å². The van der Waals surface area contributed by atoms with E-state index in [-0.39, 0.29) is 6.61 Å². The number of benzene rings is 1. The normalized spacial score (nSPS) is 14.1. The molecule has 1 aromatic carbocycles. The van der Waals surface area contributed by atoms with Gasteiger partial charge in [0.15, 0.2) is 0 Å². The van der Waals surface area contributed by atoms with Gasteiger partial charge in [-0.1, -0.05) is 49.0 Å². The van der Waals surface area contributed by atoms with Crippen molar-refractivity contribution in [2.24, 2.45) is 0 Å². The minimum atomic E-state index is -0.409. The minimum Gasteiger partial charge on any atom is -0.394 e. The summed E-state index contributed by atoms with van der Waals surface area (Å²) in [6.45, 7) is 3.09. The Labute approximate surface area is 128 Å². The Kier molecular flexibility index (Phi) is 6.04. The summed E-state index contributed by atoms with van der Waals surface area (Å²) in [7, 11) is 0. The summed E-state index contributed by atoms with van der Waals surface area (Å²) in [5.41, 5.74) is 0.716. The fraction of sp³-hybridized carbons (Fsp3) is 0.400. The van der Waals surface area contributed by atoms with E-state index in [9.17, 15) is 5.11 Å². The summed E-state index contributed by atoms with van der Waals surface area (Å²) in [4.78, 5) is 4.30. The smallest absolute Gasteiger partial charge is 0.149 e. The molecule has 0 aliphatic rings. The van der Waals surface area contributed by atoms with Gasteiger partial charge in [0, 0.05) is 17.3 Å². The van der Waals surface area contributed by atoms with E-state index in [1.807, 2.05) is 29.8 Å². The predicted molar refractivity (Wildman–Crippen MR) is 86.3 cm³/mol. The van der Waals surface area contributed by atoms with E-state index in [0.717, 1.165) is 28.6 Å². The Bertz CT molecular complexity index is 490. The summed E-state index contributed by atoms with van der Waals surface area (Å²) in [5, 5.41) is 15.5. The Morgan fingerprint density at radius 1 is 1.35 bits per heavy atom. The fourth-order valence-corrected chi connectivity index (χ4v) is 3.86. The number of thioether (sulfide) groups is 1. The highest BCUT2D eigenvalue weighted by molar-refractivity contribution is 8.01. The van der Waals surface area contributed by atoms with Gasteiger partial charge in [-0.25, -0.2) is 4.98 Å². The Balaban J connectivity index is 2.17. The molecule has 0 radical (unpaired) electrons. The van der Waals surface area contributed by atoms with Crippen molar-refractivity contribution in [1.29, 1.82) is 0 Å². The number of hydrogen-bond acceptors (Lipinski definition) is 5. The molecule has 0 fully saturated rings. The number of aliphatic hydroxyl groups is 1. The van der Waals surface area contributed by atoms with E-state index in [0.29, 0.717) is 0 Å². The predicted octanol–water partition coefficient (Wildman–Crippen LogP) is 3.12. The molecule has 2 aromatic rings. The highest BCUT2D eigenvalue weighted by Crippen LogP contribution is 2.30. The van der Waals surface area contributed by atoms with Crippen LogP contribution in [-0.4, -0.2) is 29.0 Å². The van der Waals surface area contributed by atoms with Crippen molar-refractivity contribution >= 4 is 23.1 Å². The van der Waals surface area contributed by atoms with Crippen molar-refractivity contribution in [2.75, 3.05) is 18.9 Å². The molecule has 1 heterocycles. The van der Waals surface area contributed by atoms with Crippen molar-refractivity contribution in [3.05, 3.63) is 47.5 Å². The van der Waals surface area contributed by atoms with Gasteiger partial charge in [0.05, 0.1) is 12.1 Å². The highest BCUT2D eigenvalue weighted by Gasteiger charge is 2.31. The maximum absolute atomic E-state index is 9.99. The van der Waals surface area contributed by atoms with Gasteiger partial charge in [0.2, 0.25) is 0 Å². The monoisotopic (exact) mass is 308 g/mol. The van der Waals surface area contributed by atoms with Crippen LogP contribution in [0.4, 0.5) is 0 Å². The van der Waals surface area contributed by atoms with Crippen LogP contribution in [0.2, 0.25) is 0 Å². The third kappa shape index (κ3) is 3.82. The van der Waals surface area contributed by atoms with Crippen LogP contribution in [-0.2, 0) is 5.54 Å². The van der Waals surface area contributed by atoms with E-state index >= 15 is 0 Å². The van der Waals surface area contributed by atoms with Crippen LogP contribution >= 0.6 is 23.1 Å². The maximum atomic E-state index is 9.99. The van der Waals surface area contributed by atoms with Crippen LogP contribution in [0.5, 0.6) is 0 Å². The average molecular weight is 308 g/mol. The molecule has 0 amide bonds. The molecule has 5 heteroatoms. The molecule has 2 rings (SSSR count). The number of nitrogens with zero attached hydrogens (tertiary/aromatic N) is 1. The zero-order valence-electron chi connectivity index (χ0n) is 11.6. The second-order valence-electron chi connectivity index (χ2n) is 4.62. The quantitative estimate of drug-likeness (QED) is 0.736. The molecule has 0 saturated heterocycles. The second-order valence-corrected chi connectivity index (χ2v) is 6.74. The molecule has 0 spiro atoms. The number of aromatic nitrogens is 1. The van der Waals surface area contributed by atoms with Crippen LogP contribution in [0.3, 0.4) is 0 Å². The first-order chi connectivity index (χ1) is 9.80. The maximum Gasteiger partial charge on any atom is 0.149 e. The Hall–Kier alpha value is -0.880. The number of thiazole rings is 1. The molecule has 0 saturated carbocycles. The lowest BCUT2D eigenvalue weighted by molar-refractivity contribution is 0.179. The van der Waals surface area contributed by atoms with Crippen molar-refractivity contribution in [2.45, 2.75) is 23.2 Å². The van der Waals surface area contributed by atoms with Crippen LogP contribution in [0.1, 0.15) is 18.9 Å². The first kappa shape index (κ1) is 15.5. The number of nitrogens with one attached hydrogen (secondary N) is 1. The lowest BCUT2D eigenvalue weighted by atomic mass is 9.92. The van der Waals surface area contributed by atoms with Gasteiger partial charge in [0.25, 0.3) is 0 Å². The van der Waals surface area contributed by atoms with Gasteiger partial charge in [-0.3, -0.25) is 0 Å². The summed E-state index contributed by atoms with van der Waals surface area (Å²) < 4.78 is 1.04. The van der Waals surface area contributed by atoms with Crippen molar-refractivity contribution in [1.82, 2.24) is 10.3 Å². The minimum absolute atomic E-state index is 0.0788. The van der Waals surface area contributed by atoms with Gasteiger partial charge in [0.1, 0.15) is 4.34 Å². The average Bonchev–Trinajstić information content (AvgIpc) is 3.02. The Morgan fingerprint density at radius 3 is 2.75 bits per heavy atom. The van der Waals surface area contributed by atoms with Gasteiger partial charge < -0.3 is 10.4 Å². The summed E-state index contributed by atoms with van der Waals surface area (Å²) >= 11 is 3.32. The molecule has 1 atom stereocenters. The summed E-state index contributed by atoms with van der Waals surface area (Å²) in [5.74, 6) is 0.765. The molecule has 1 unspecified atom stereocenters. The van der Waals surface area contributed by atoms with Crippen molar-refractivity contribution in [3.63, 3.8) is 0 Å². The highest BCUT2D eigenvalue weighted by atomic mass is 32.2. The molecule has 0 bridgehead atoms. The molecule has 2 N–H and O–H groups in total. The summed E-state index contributed by atoms with van der Waals surface area (Å²) in [6.07, 6.45) is 2.85. The molecule has 3 nitrogen and oxygen atoms in total. The fourth-order valence-electron chi connectivity index (χ4n) is 2.02. The molecule has 108 valence electrons. The van der Waals surface area contributed by atoms with Crippen LogP contribution in [0, 0.1) is 0 Å². The SMILES string of the molecule is CCCNC(CO)(CSc1nccs1)c1ccccc1. The van der Waals surface area contributed by atoms with Crippen LogP contribution < -0.4 is 5.32 Å². The van der Waals surface area contributed by atoms with Gasteiger partial charge in [-0.05, 0) is 18.5 Å². The first-order valence-corrected chi connectivity index (χ1v) is 8.61. The number of hydrogen-bond donors (Lipinski definition) is 2. The van der Waals surface area contributed by atoms with E-state index in [2.05, 4.69) is 29.4 Å². The summed E-state index contributed by atoms with van der Waals surface area (Å²) in [6, 6.07) is 10.2. The Morgan fingerprint density at radius 2 is 2.15 bits per heavy atom. The largest absolute Gasteiger partial charge is 0.394 e. The van der Waals surface area contributed by atoms with Gasteiger partial charge >= 0.3 is 0 Å². The lowest BCUT2D eigenvalue weighted by Gasteiger charge is -2.33. The number of aliphatic hydroxyl groups excluding tert-OH is 1. The lowest BCUT2D eigenvalue weighted by Crippen LogP contribution is -2.48. The van der Waals surface area contributed by atoms with E-state index in [1.54, 1.807) is 23.1 Å². The third-order valence-electron chi connectivity index (χ3n) is 3.16. The molecular formula is C15H20N2OS2. The number of rotatable bonds is 8. The topological polar surface area (TPSA) is 45.1 Å². The van der Waals surface area contributed by atoms with E-state index in [1.165, 1.54) is 0 Å². The second kappa shape index (κ2) is 7.78. The van der Waals surface area contributed by atoms with E-state index in [4.69, 9.17) is 0 Å². The zero-order chi connectivity index (χ0) is 14.3. The third-order valence-corrected chi connectivity index (χ3v) is 5.36. The van der Waals surface area contributed by atoms with Crippen LogP contribution in [0.15, 0.2) is 46.2 Å². The molecule has 1 aromatic heterocycles. The van der Waals surface area contributed by atoms with Gasteiger partial charge in [-0.2, -0.15) is 0 Å².